The molecule has 0 saturated carbocycles. The molecule has 5 aromatic carbocycles. The van der Waals surface area contributed by atoms with Gasteiger partial charge in [-0.05, 0) is 101 Å². The first-order chi connectivity index (χ1) is 31.4. The lowest BCUT2D eigenvalue weighted by atomic mass is 9.90. The van der Waals surface area contributed by atoms with Crippen LogP contribution in [-0.4, -0.2) is 9.13 Å². The molecule has 0 radical (unpaired) electrons. The van der Waals surface area contributed by atoms with E-state index in [-0.39, 0.29) is 33.9 Å². The van der Waals surface area contributed by atoms with Crippen LogP contribution in [0.25, 0.3) is 61.6 Å². The highest BCUT2D eigenvalue weighted by molar-refractivity contribution is 6.10. The standard InChI is InChI=1S/C40H30N2/c1-2-12-31(13-3-1)41-37-16-8-6-14-33(37)35-25-29(19-22-39(35)41)30-20-23-40-36(26-30)34-15-7-9-17-38(34)42(40)32-21-18-27-10-4-5-11-28(27)24-32/h1-6,8,10-14,16-25H,7,9,15,26H2/i1D,2D,3D,4D,5D,7D2,9D2,10D,11D,12D,13D,14D,15D,16D,17D,18D,19D,20D,21D,22D,23D,24D,26D2. The SMILES string of the molecule is [2H]C1=C(c2cc3c4c([2H])ccc([2H])c4n(-c4c([2H])c([2H])c([2H])c([2H])c4[2H])c3c([2H])c2[2H])C([2H])([2H])c2c3c(n(-c4c([2H])c([2H])c5c([2H])c([2H])c([2H])c([2H])c5c4[2H])c2=C1[2H])=C([2H])C([2H])([2H])C([2H])([2H])C3[2H]. The van der Waals surface area contributed by atoms with Crippen molar-refractivity contribution in [3.05, 3.63) is 148 Å². The van der Waals surface area contributed by atoms with Gasteiger partial charge in [0.2, 0.25) is 0 Å². The van der Waals surface area contributed by atoms with E-state index in [2.05, 4.69) is 0 Å². The van der Waals surface area contributed by atoms with Crippen molar-refractivity contribution >= 4 is 50.3 Å². The smallest absolute Gasteiger partial charge is 0.0651 e. The molecule has 0 spiro atoms. The predicted molar refractivity (Wildman–Crippen MR) is 177 cm³/mol. The monoisotopic (exact) mass is 564 g/mol. The normalized spacial score (nSPS) is 29.2. The summed E-state index contributed by atoms with van der Waals surface area (Å²) in [5.41, 5.74) is -5.19. The average molecular weight is 565 g/mol. The summed E-state index contributed by atoms with van der Waals surface area (Å²) in [6, 6.07) is -12.4. The van der Waals surface area contributed by atoms with Crippen LogP contribution in [0.4, 0.5) is 0 Å². The molecule has 2 aromatic heterocycles. The Balaban J connectivity index is 1.48. The predicted octanol–water partition coefficient (Wildman–Crippen LogP) is 8.26. The molecule has 0 N–H and O–H groups in total. The van der Waals surface area contributed by atoms with Crippen LogP contribution in [0.15, 0.2) is 121 Å². The first kappa shape index (κ1) is 9.47. The third kappa shape index (κ3) is 3.51. The quantitative estimate of drug-likeness (QED) is 0.204. The Morgan fingerprint density at radius 2 is 1.48 bits per heavy atom. The fourth-order valence-corrected chi connectivity index (χ4v) is 5.22. The Morgan fingerprint density at radius 3 is 2.40 bits per heavy atom. The van der Waals surface area contributed by atoms with Gasteiger partial charge in [0.15, 0.2) is 0 Å². The van der Waals surface area contributed by atoms with Crippen molar-refractivity contribution in [2.45, 2.75) is 25.5 Å². The number of rotatable bonds is 3. The molecule has 0 saturated heterocycles. The van der Waals surface area contributed by atoms with Crippen molar-refractivity contribution in [1.82, 2.24) is 9.13 Å². The van der Waals surface area contributed by atoms with Gasteiger partial charge in [-0.2, -0.15) is 0 Å². The molecule has 200 valence electrons. The van der Waals surface area contributed by atoms with Crippen LogP contribution in [0.5, 0.6) is 0 Å². The molecule has 2 heteroatoms. The number of hydrogen-bond donors (Lipinski definition) is 0. The number of aromatic nitrogens is 2. The van der Waals surface area contributed by atoms with Gasteiger partial charge >= 0.3 is 0 Å². The molecular weight excluding hydrogens is 508 g/mol. The largest absolute Gasteiger partial charge is 0.310 e. The minimum atomic E-state index is -3.40. The van der Waals surface area contributed by atoms with Crippen molar-refractivity contribution in [3.63, 3.8) is 0 Å². The maximum Gasteiger partial charge on any atom is 0.0651 e. The second-order valence-corrected chi connectivity index (χ2v) is 9.31. The van der Waals surface area contributed by atoms with Crippen LogP contribution < -0.4 is 10.7 Å². The fourth-order valence-electron chi connectivity index (χ4n) is 5.22. The number of nitrogens with zero attached hydrogens (tertiary/aromatic N) is 2. The summed E-state index contributed by atoms with van der Waals surface area (Å²) < 4.78 is 234. The zero-order chi connectivity index (χ0) is 50.4. The first-order valence-electron chi connectivity index (χ1n) is 25.7. The van der Waals surface area contributed by atoms with Crippen molar-refractivity contribution < 1.29 is 35.6 Å². The third-order valence-corrected chi connectivity index (χ3v) is 7.02. The van der Waals surface area contributed by atoms with Crippen LogP contribution >= 0.6 is 0 Å². The molecule has 42 heavy (non-hydrogen) atoms. The Labute approximate surface area is 281 Å². The van der Waals surface area contributed by atoms with Gasteiger partial charge in [-0.15, -0.1) is 0 Å². The summed E-state index contributed by atoms with van der Waals surface area (Å²) in [6.45, 7) is 0. The van der Waals surface area contributed by atoms with Gasteiger partial charge in [0.1, 0.15) is 0 Å². The molecular formula is C40H30N2. The highest BCUT2D eigenvalue weighted by Crippen LogP contribution is 2.35. The summed E-state index contributed by atoms with van der Waals surface area (Å²) in [6.07, 6.45) is -12.6. The Kier molecular flexibility index (Phi) is 2.08. The molecule has 0 aliphatic heterocycles. The van der Waals surface area contributed by atoms with E-state index in [0.29, 0.717) is 4.57 Å². The summed E-state index contributed by atoms with van der Waals surface area (Å²) in [7, 11) is 0. The highest BCUT2D eigenvalue weighted by atomic mass is 15.0. The molecule has 2 nitrogen and oxygen atoms in total. The number of allylic oxidation sites excluding steroid dienone is 2. The van der Waals surface area contributed by atoms with Gasteiger partial charge in [0.25, 0.3) is 0 Å². The molecule has 7 aromatic rings. The van der Waals surface area contributed by atoms with Crippen molar-refractivity contribution in [1.29, 1.82) is 0 Å². The Morgan fingerprint density at radius 1 is 0.643 bits per heavy atom. The van der Waals surface area contributed by atoms with E-state index in [9.17, 15) is 11.0 Å². The zero-order valence-corrected chi connectivity index (χ0v) is 21.2. The van der Waals surface area contributed by atoms with Crippen LogP contribution in [0.1, 0.15) is 65.1 Å². The first-order valence-corrected chi connectivity index (χ1v) is 12.7. The molecule has 0 amide bonds. The van der Waals surface area contributed by atoms with Crippen LogP contribution in [0, 0.1) is 0 Å². The molecule has 2 aliphatic rings. The minimum absolute atomic E-state index is 0.168. The summed E-state index contributed by atoms with van der Waals surface area (Å²) in [4.78, 5) is 0. The topological polar surface area (TPSA) is 9.86 Å². The lowest BCUT2D eigenvalue weighted by molar-refractivity contribution is 0.816. The van der Waals surface area contributed by atoms with Gasteiger partial charge in [0.05, 0.1) is 42.4 Å². The number of fused-ring (bicyclic) bond motifs is 7. The summed E-state index contributed by atoms with van der Waals surface area (Å²) in [5.74, 6) is 0. The van der Waals surface area contributed by atoms with Crippen LogP contribution in [0.3, 0.4) is 0 Å². The number of para-hydroxylation sites is 2. The maximum absolute atomic E-state index is 9.85. The van der Waals surface area contributed by atoms with Gasteiger partial charge in [-0.3, -0.25) is 0 Å². The van der Waals surface area contributed by atoms with E-state index in [1.54, 1.807) is 0 Å². The molecule has 0 bridgehead atoms. The van der Waals surface area contributed by atoms with Crippen molar-refractivity contribution in [2.24, 2.45) is 0 Å². The van der Waals surface area contributed by atoms with E-state index in [1.165, 1.54) is 12.1 Å². The van der Waals surface area contributed by atoms with Crippen molar-refractivity contribution in [2.75, 3.05) is 0 Å². The highest BCUT2D eigenvalue weighted by Gasteiger charge is 2.22. The molecule has 1 atom stereocenters. The minimum Gasteiger partial charge on any atom is -0.310 e. The second kappa shape index (κ2) is 9.22. The van der Waals surface area contributed by atoms with Crippen LogP contribution in [0.2, 0.25) is 0 Å². The van der Waals surface area contributed by atoms with E-state index in [1.807, 2.05) is 0 Å². The lowest BCUT2D eigenvalue weighted by Gasteiger charge is -2.14. The van der Waals surface area contributed by atoms with E-state index in [4.69, 9.17) is 24.7 Å². The Hall–Kier alpha value is -5.08. The maximum atomic E-state index is 9.85. The zero-order valence-electron chi connectivity index (χ0n) is 47.2. The average Bonchev–Trinajstić information content (AvgIpc) is 3.81. The van der Waals surface area contributed by atoms with Crippen LogP contribution in [-0.2, 0) is 12.8 Å². The van der Waals surface area contributed by atoms with Gasteiger partial charge in [0, 0.05) is 43.5 Å². The Bertz CT molecular complexity index is 3700. The lowest BCUT2D eigenvalue weighted by Crippen LogP contribution is -2.28. The van der Waals surface area contributed by atoms with Crippen molar-refractivity contribution in [3.8, 4) is 11.4 Å². The van der Waals surface area contributed by atoms with Gasteiger partial charge < -0.3 is 9.13 Å². The molecule has 0 fully saturated rings. The van der Waals surface area contributed by atoms with Gasteiger partial charge in [-0.1, -0.05) is 84.7 Å². The third-order valence-electron chi connectivity index (χ3n) is 7.02. The second-order valence-electron chi connectivity index (χ2n) is 9.31. The van der Waals surface area contributed by atoms with E-state index >= 15 is 0 Å². The molecule has 2 aliphatic carbocycles. The fraction of sp³-hybridized carbons (Fsp3) is 0.100. The summed E-state index contributed by atoms with van der Waals surface area (Å²) >= 11 is 0. The molecule has 9 rings (SSSR count). The summed E-state index contributed by atoms with van der Waals surface area (Å²) in [5, 5.41) is -3.27. The van der Waals surface area contributed by atoms with E-state index < -0.39 is 183 Å². The number of hydrogen-bond acceptors (Lipinski definition) is 0. The van der Waals surface area contributed by atoms with E-state index in [0.717, 1.165) is 10.6 Å². The van der Waals surface area contributed by atoms with Gasteiger partial charge in [-0.25, -0.2) is 0 Å². The molecule has 2 heterocycles. The number of benzene rings is 5. The molecule has 1 unspecified atom stereocenters.